The second-order valence-electron chi connectivity index (χ2n) is 2.95. The van der Waals surface area contributed by atoms with Gasteiger partial charge in [-0.3, -0.25) is 0 Å². The second kappa shape index (κ2) is 2.85. The molecule has 13 heavy (non-hydrogen) atoms. The van der Waals surface area contributed by atoms with Crippen molar-refractivity contribution in [3.8, 4) is 0 Å². The van der Waals surface area contributed by atoms with E-state index in [1.807, 2.05) is 6.92 Å². The third-order valence-corrected chi connectivity index (χ3v) is 2.14. The molecule has 68 valence electrons. The van der Waals surface area contributed by atoms with Gasteiger partial charge in [0.05, 0.1) is 0 Å². The summed E-state index contributed by atoms with van der Waals surface area (Å²) in [6.07, 6.45) is 0. The molecule has 1 aromatic heterocycles. The highest BCUT2D eigenvalue weighted by molar-refractivity contribution is 5.81. The Bertz CT molecular complexity index is 445. The average molecular weight is 180 g/mol. The van der Waals surface area contributed by atoms with Gasteiger partial charge >= 0.3 is 0 Å². The molecule has 1 N–H and O–H groups in total. The number of halogens is 1. The van der Waals surface area contributed by atoms with Crippen LogP contribution in [0.5, 0.6) is 0 Å². The van der Waals surface area contributed by atoms with Crippen molar-refractivity contribution in [1.82, 2.24) is 0 Å². The topological polar surface area (TPSA) is 33.4 Å². The van der Waals surface area contributed by atoms with Crippen LogP contribution in [0.15, 0.2) is 22.6 Å². The van der Waals surface area contributed by atoms with Crippen molar-refractivity contribution < 1.29 is 13.9 Å². The predicted molar refractivity (Wildman–Crippen MR) is 46.8 cm³/mol. The fourth-order valence-electron chi connectivity index (χ4n) is 1.40. The van der Waals surface area contributed by atoms with Gasteiger partial charge in [-0.15, -0.1) is 0 Å². The molecular formula is C10H9FO2. The van der Waals surface area contributed by atoms with Gasteiger partial charge in [-0.2, -0.15) is 0 Å². The van der Waals surface area contributed by atoms with E-state index >= 15 is 0 Å². The second-order valence-corrected chi connectivity index (χ2v) is 2.95. The van der Waals surface area contributed by atoms with Crippen molar-refractivity contribution in [3.05, 3.63) is 35.3 Å². The largest absolute Gasteiger partial charge is 0.458 e. The van der Waals surface area contributed by atoms with Gasteiger partial charge in [-0.25, -0.2) is 4.39 Å². The van der Waals surface area contributed by atoms with E-state index in [2.05, 4.69) is 0 Å². The lowest BCUT2D eigenvalue weighted by atomic mass is 10.1. The lowest BCUT2D eigenvalue weighted by molar-refractivity contribution is 0.250. The molecule has 0 aliphatic carbocycles. The molecule has 0 saturated heterocycles. The van der Waals surface area contributed by atoms with E-state index in [9.17, 15) is 4.39 Å². The Morgan fingerprint density at radius 3 is 2.92 bits per heavy atom. The van der Waals surface area contributed by atoms with Gasteiger partial charge in [0.2, 0.25) is 0 Å². The summed E-state index contributed by atoms with van der Waals surface area (Å²) in [7, 11) is 0. The van der Waals surface area contributed by atoms with Crippen LogP contribution in [-0.2, 0) is 6.61 Å². The van der Waals surface area contributed by atoms with Crippen molar-refractivity contribution in [2.45, 2.75) is 13.5 Å². The number of aliphatic hydroxyl groups excluding tert-OH is 1. The lowest BCUT2D eigenvalue weighted by Gasteiger charge is -1.89. The molecule has 1 heterocycles. The van der Waals surface area contributed by atoms with Crippen LogP contribution in [0.4, 0.5) is 4.39 Å². The Morgan fingerprint density at radius 1 is 1.46 bits per heavy atom. The number of hydrogen-bond donors (Lipinski definition) is 1. The van der Waals surface area contributed by atoms with Crippen LogP contribution in [0.25, 0.3) is 11.0 Å². The van der Waals surface area contributed by atoms with E-state index in [-0.39, 0.29) is 12.4 Å². The zero-order valence-corrected chi connectivity index (χ0v) is 7.17. The van der Waals surface area contributed by atoms with E-state index in [0.717, 1.165) is 10.9 Å². The van der Waals surface area contributed by atoms with Gasteiger partial charge in [0.1, 0.15) is 23.8 Å². The van der Waals surface area contributed by atoms with Crippen molar-refractivity contribution >= 4 is 11.0 Å². The number of hydrogen-bond acceptors (Lipinski definition) is 2. The number of aryl methyl sites for hydroxylation is 1. The standard InChI is InChI=1S/C10H9FO2/c1-6-8-3-2-7(11)4-9(8)13-10(6)5-12/h2-4,12H,5H2,1H3. The van der Waals surface area contributed by atoms with Crippen LogP contribution >= 0.6 is 0 Å². The molecule has 2 nitrogen and oxygen atoms in total. The molecular weight excluding hydrogens is 171 g/mol. The highest BCUT2D eigenvalue weighted by Gasteiger charge is 2.09. The summed E-state index contributed by atoms with van der Waals surface area (Å²) in [6.45, 7) is 1.69. The normalized spacial score (nSPS) is 11.0. The molecule has 0 saturated carbocycles. The molecule has 0 aliphatic rings. The Hall–Kier alpha value is -1.35. The molecule has 0 aliphatic heterocycles. The smallest absolute Gasteiger partial charge is 0.137 e. The summed E-state index contributed by atoms with van der Waals surface area (Å²) >= 11 is 0. The SMILES string of the molecule is Cc1c(CO)oc2cc(F)ccc12. The molecule has 0 bridgehead atoms. The maximum atomic E-state index is 12.8. The maximum absolute atomic E-state index is 12.8. The molecule has 1 aromatic carbocycles. The summed E-state index contributed by atoms with van der Waals surface area (Å²) < 4.78 is 18.0. The summed E-state index contributed by atoms with van der Waals surface area (Å²) in [5, 5.41) is 9.75. The first-order valence-corrected chi connectivity index (χ1v) is 4.01. The molecule has 0 unspecified atom stereocenters. The first-order valence-electron chi connectivity index (χ1n) is 4.01. The number of furan rings is 1. The number of rotatable bonds is 1. The van der Waals surface area contributed by atoms with Gasteiger partial charge in [-0.1, -0.05) is 0 Å². The summed E-state index contributed by atoms with van der Waals surface area (Å²) in [5.41, 5.74) is 1.36. The van der Waals surface area contributed by atoms with E-state index in [4.69, 9.17) is 9.52 Å². The zero-order valence-electron chi connectivity index (χ0n) is 7.17. The van der Waals surface area contributed by atoms with Crippen LogP contribution in [0.2, 0.25) is 0 Å². The van der Waals surface area contributed by atoms with Crippen molar-refractivity contribution in [3.63, 3.8) is 0 Å². The van der Waals surface area contributed by atoms with E-state index in [1.54, 1.807) is 6.07 Å². The fourth-order valence-corrected chi connectivity index (χ4v) is 1.40. The molecule has 0 radical (unpaired) electrons. The summed E-state index contributed by atoms with van der Waals surface area (Å²) in [5.74, 6) is 0.173. The molecule has 0 fully saturated rings. The molecule has 0 spiro atoms. The Labute approximate surface area is 74.6 Å². The van der Waals surface area contributed by atoms with E-state index in [1.165, 1.54) is 12.1 Å². The summed E-state index contributed by atoms with van der Waals surface area (Å²) in [4.78, 5) is 0. The van der Waals surface area contributed by atoms with Crippen molar-refractivity contribution in [2.24, 2.45) is 0 Å². The van der Waals surface area contributed by atoms with Gasteiger partial charge in [0.25, 0.3) is 0 Å². The van der Waals surface area contributed by atoms with Crippen molar-refractivity contribution in [1.29, 1.82) is 0 Å². The quantitative estimate of drug-likeness (QED) is 0.730. The Kier molecular flexibility index (Phi) is 1.81. The third-order valence-electron chi connectivity index (χ3n) is 2.14. The van der Waals surface area contributed by atoms with Gasteiger partial charge in [0.15, 0.2) is 0 Å². The number of benzene rings is 1. The van der Waals surface area contributed by atoms with Crippen LogP contribution < -0.4 is 0 Å². The maximum Gasteiger partial charge on any atom is 0.137 e. The van der Waals surface area contributed by atoms with Crippen LogP contribution in [0.1, 0.15) is 11.3 Å². The van der Waals surface area contributed by atoms with Crippen LogP contribution in [-0.4, -0.2) is 5.11 Å². The highest BCUT2D eigenvalue weighted by atomic mass is 19.1. The van der Waals surface area contributed by atoms with Crippen LogP contribution in [0.3, 0.4) is 0 Å². The number of fused-ring (bicyclic) bond motifs is 1. The molecule has 2 aromatic rings. The molecule has 2 rings (SSSR count). The van der Waals surface area contributed by atoms with E-state index < -0.39 is 0 Å². The average Bonchev–Trinajstić information content (AvgIpc) is 2.42. The lowest BCUT2D eigenvalue weighted by Crippen LogP contribution is -1.80. The fraction of sp³-hybridized carbons (Fsp3) is 0.200. The minimum absolute atomic E-state index is 0.151. The minimum Gasteiger partial charge on any atom is -0.458 e. The Balaban J connectivity index is 2.76. The zero-order chi connectivity index (χ0) is 9.42. The monoisotopic (exact) mass is 180 g/mol. The summed E-state index contributed by atoms with van der Waals surface area (Å²) in [6, 6.07) is 4.36. The van der Waals surface area contributed by atoms with Crippen molar-refractivity contribution in [2.75, 3.05) is 0 Å². The van der Waals surface area contributed by atoms with Gasteiger partial charge < -0.3 is 9.52 Å². The predicted octanol–water partition coefficient (Wildman–Crippen LogP) is 2.37. The first-order chi connectivity index (χ1) is 6.22. The molecule has 3 heteroatoms. The van der Waals surface area contributed by atoms with E-state index in [0.29, 0.717) is 11.3 Å². The first kappa shape index (κ1) is 8.26. The van der Waals surface area contributed by atoms with Crippen LogP contribution in [0, 0.1) is 12.7 Å². The minimum atomic E-state index is -0.328. The van der Waals surface area contributed by atoms with Gasteiger partial charge in [0, 0.05) is 17.0 Å². The van der Waals surface area contributed by atoms with Gasteiger partial charge in [-0.05, 0) is 19.1 Å². The molecule has 0 atom stereocenters. The highest BCUT2D eigenvalue weighted by Crippen LogP contribution is 2.25. The Morgan fingerprint density at radius 2 is 2.23 bits per heavy atom. The number of aliphatic hydroxyl groups is 1. The molecule has 0 amide bonds. The third kappa shape index (κ3) is 1.21.